The standard InChI is InChI=1S/C22H27BrN4O5/c1-30-22(29)26-17-13-31-9-2-3-10-32-19-11-14(23)6-7-15(19)16-12-24-20(25-16)18-5-4-8-27(18)21(17)28/h6-7,11-12,17-18H,2-5,8-10,13H2,1H3,(H,24,25)(H,26,29). The van der Waals surface area contributed by atoms with Crippen molar-refractivity contribution in [2.45, 2.75) is 37.8 Å². The maximum atomic E-state index is 13.3. The lowest BCUT2D eigenvalue weighted by atomic mass is 10.1. The Morgan fingerprint density at radius 1 is 1.31 bits per heavy atom. The molecule has 0 saturated carbocycles. The summed E-state index contributed by atoms with van der Waals surface area (Å²) in [6.45, 7) is 1.67. The van der Waals surface area contributed by atoms with Gasteiger partial charge in [-0.15, -0.1) is 0 Å². The van der Waals surface area contributed by atoms with Crippen LogP contribution in [0.15, 0.2) is 28.9 Å². The van der Waals surface area contributed by atoms with Crippen molar-refractivity contribution in [3.8, 4) is 17.0 Å². The third-order valence-electron chi connectivity index (χ3n) is 5.68. The molecule has 0 aliphatic carbocycles. The van der Waals surface area contributed by atoms with E-state index < -0.39 is 12.1 Å². The van der Waals surface area contributed by atoms with Crippen LogP contribution in [0.5, 0.6) is 5.75 Å². The number of nitrogens with zero attached hydrogens (tertiary/aromatic N) is 2. The van der Waals surface area contributed by atoms with E-state index in [2.05, 4.69) is 31.2 Å². The number of methoxy groups -OCH3 is 1. The summed E-state index contributed by atoms with van der Waals surface area (Å²) >= 11 is 3.51. The first-order chi connectivity index (χ1) is 15.6. The van der Waals surface area contributed by atoms with Gasteiger partial charge in [0.1, 0.15) is 17.6 Å². The first-order valence-corrected chi connectivity index (χ1v) is 11.6. The Hall–Kier alpha value is -2.59. The summed E-state index contributed by atoms with van der Waals surface area (Å²) in [6, 6.07) is 4.87. The number of fused-ring (bicyclic) bond motifs is 6. The molecular weight excluding hydrogens is 480 g/mol. The number of benzene rings is 1. The van der Waals surface area contributed by atoms with Crippen LogP contribution in [0.2, 0.25) is 0 Å². The smallest absolute Gasteiger partial charge is 0.407 e. The van der Waals surface area contributed by atoms with E-state index in [-0.39, 0.29) is 18.6 Å². The van der Waals surface area contributed by atoms with Crippen molar-refractivity contribution < 1.29 is 23.8 Å². The number of alkyl carbamates (subject to hydrolysis) is 1. The van der Waals surface area contributed by atoms with Crippen molar-refractivity contribution in [3.05, 3.63) is 34.7 Å². The Morgan fingerprint density at radius 3 is 3.00 bits per heavy atom. The van der Waals surface area contributed by atoms with E-state index in [1.165, 1.54) is 7.11 Å². The van der Waals surface area contributed by atoms with Crippen LogP contribution in [0.25, 0.3) is 11.3 Å². The number of carbonyl (C=O) groups excluding carboxylic acids is 2. The maximum absolute atomic E-state index is 13.3. The van der Waals surface area contributed by atoms with Crippen LogP contribution >= 0.6 is 15.9 Å². The first-order valence-electron chi connectivity index (χ1n) is 10.8. The fraction of sp³-hybridized carbons (Fsp3) is 0.500. The quantitative estimate of drug-likeness (QED) is 0.613. The highest BCUT2D eigenvalue weighted by atomic mass is 79.9. The lowest BCUT2D eigenvalue weighted by Gasteiger charge is -2.28. The van der Waals surface area contributed by atoms with Crippen LogP contribution in [0.1, 0.15) is 37.5 Å². The molecule has 3 heterocycles. The normalized spacial score (nSPS) is 21.9. The molecule has 2 atom stereocenters. The second kappa shape index (κ2) is 10.4. The summed E-state index contributed by atoms with van der Waals surface area (Å²) in [5.41, 5.74) is 1.75. The third kappa shape index (κ3) is 5.07. The van der Waals surface area contributed by atoms with Crippen LogP contribution in [0.4, 0.5) is 4.79 Å². The highest BCUT2D eigenvalue weighted by molar-refractivity contribution is 9.10. The molecule has 2 aromatic rings. The number of hydrogen-bond acceptors (Lipinski definition) is 6. The predicted octanol–water partition coefficient (Wildman–Crippen LogP) is 3.42. The van der Waals surface area contributed by atoms with Crippen molar-refractivity contribution in [2.24, 2.45) is 0 Å². The van der Waals surface area contributed by atoms with Gasteiger partial charge >= 0.3 is 6.09 Å². The van der Waals surface area contributed by atoms with Crippen molar-refractivity contribution >= 4 is 27.9 Å². The molecule has 1 aromatic heterocycles. The van der Waals surface area contributed by atoms with E-state index in [1.54, 1.807) is 11.1 Å². The Balaban J connectivity index is 1.65. The van der Waals surface area contributed by atoms with E-state index in [1.807, 2.05) is 18.2 Å². The van der Waals surface area contributed by atoms with Gasteiger partial charge in [0, 0.05) is 23.2 Å². The van der Waals surface area contributed by atoms with Gasteiger partial charge < -0.3 is 29.4 Å². The van der Waals surface area contributed by atoms with Crippen LogP contribution < -0.4 is 10.1 Å². The Morgan fingerprint density at radius 2 is 2.16 bits per heavy atom. The topological polar surface area (TPSA) is 106 Å². The largest absolute Gasteiger partial charge is 0.493 e. The van der Waals surface area contributed by atoms with E-state index in [9.17, 15) is 9.59 Å². The highest BCUT2D eigenvalue weighted by Gasteiger charge is 2.36. The number of amides is 2. The average Bonchev–Trinajstić information content (AvgIpc) is 3.46. The summed E-state index contributed by atoms with van der Waals surface area (Å²) in [4.78, 5) is 34.9. The molecule has 32 heavy (non-hydrogen) atoms. The van der Waals surface area contributed by atoms with Gasteiger partial charge in [-0.2, -0.15) is 0 Å². The monoisotopic (exact) mass is 506 g/mol. The minimum atomic E-state index is -0.820. The molecule has 0 spiro atoms. The van der Waals surface area contributed by atoms with Gasteiger partial charge in [-0.05, 0) is 43.9 Å². The summed E-state index contributed by atoms with van der Waals surface area (Å²) in [6.07, 6.45) is 4.31. The fourth-order valence-electron chi connectivity index (χ4n) is 4.06. The number of halogens is 1. The molecule has 9 nitrogen and oxygen atoms in total. The molecule has 10 heteroatoms. The molecule has 0 radical (unpaired) electrons. The lowest BCUT2D eigenvalue weighted by molar-refractivity contribution is -0.136. The SMILES string of the molecule is COC(=O)NC1COCCCCOc2cc(Br)ccc2-c2cnc([nH]2)C2CCCN2C1=O. The molecular formula is C22H27BrN4O5. The minimum Gasteiger partial charge on any atom is -0.493 e. The lowest BCUT2D eigenvalue weighted by Crippen LogP contribution is -2.50. The van der Waals surface area contributed by atoms with E-state index >= 15 is 0 Å². The number of H-pyrrole nitrogens is 1. The van der Waals surface area contributed by atoms with Crippen LogP contribution in [0.3, 0.4) is 0 Å². The number of aromatic nitrogens is 2. The summed E-state index contributed by atoms with van der Waals surface area (Å²) < 4.78 is 17.4. The number of nitrogens with one attached hydrogen (secondary N) is 2. The summed E-state index contributed by atoms with van der Waals surface area (Å²) in [5, 5.41) is 2.62. The number of carbonyl (C=O) groups is 2. The van der Waals surface area contributed by atoms with Gasteiger partial charge in [0.05, 0.1) is 38.3 Å². The molecule has 4 rings (SSSR count). The van der Waals surface area contributed by atoms with E-state index in [4.69, 9.17) is 14.2 Å². The second-order valence-electron chi connectivity index (χ2n) is 7.83. The molecule has 2 N–H and O–H groups in total. The molecule has 1 aromatic carbocycles. The molecule has 2 aliphatic heterocycles. The van der Waals surface area contributed by atoms with Crippen molar-refractivity contribution in [3.63, 3.8) is 0 Å². The summed E-state index contributed by atoms with van der Waals surface area (Å²) in [7, 11) is 1.27. The first kappa shape index (κ1) is 22.6. The average molecular weight is 507 g/mol. The van der Waals surface area contributed by atoms with Gasteiger partial charge in [-0.25, -0.2) is 9.78 Å². The van der Waals surface area contributed by atoms with Gasteiger partial charge in [0.2, 0.25) is 5.91 Å². The number of imidazole rings is 1. The Kier molecular flexibility index (Phi) is 7.31. The van der Waals surface area contributed by atoms with Crippen LogP contribution in [-0.2, 0) is 14.3 Å². The second-order valence-corrected chi connectivity index (χ2v) is 8.75. The minimum absolute atomic E-state index is 0.0806. The van der Waals surface area contributed by atoms with Gasteiger partial charge in [-0.3, -0.25) is 4.79 Å². The highest BCUT2D eigenvalue weighted by Crippen LogP contribution is 2.35. The van der Waals surface area contributed by atoms with Gasteiger partial charge in [0.25, 0.3) is 0 Å². The van der Waals surface area contributed by atoms with Gasteiger partial charge in [-0.1, -0.05) is 15.9 Å². The molecule has 2 bridgehead atoms. The predicted molar refractivity (Wildman–Crippen MR) is 120 cm³/mol. The van der Waals surface area contributed by atoms with E-state index in [0.29, 0.717) is 25.6 Å². The third-order valence-corrected chi connectivity index (χ3v) is 6.17. The molecule has 172 valence electrons. The number of rotatable bonds is 1. The zero-order chi connectivity index (χ0) is 22.5. The number of aromatic amines is 1. The molecule has 1 saturated heterocycles. The Bertz CT molecular complexity index is 966. The maximum Gasteiger partial charge on any atom is 0.407 e. The zero-order valence-corrected chi connectivity index (χ0v) is 19.5. The van der Waals surface area contributed by atoms with Crippen LogP contribution in [-0.4, -0.2) is 66.4 Å². The Labute approximate surface area is 194 Å². The molecule has 2 aliphatic rings. The van der Waals surface area contributed by atoms with Crippen molar-refractivity contribution in [2.75, 3.05) is 33.5 Å². The van der Waals surface area contributed by atoms with Crippen molar-refractivity contribution in [1.29, 1.82) is 0 Å². The zero-order valence-electron chi connectivity index (χ0n) is 17.9. The van der Waals surface area contributed by atoms with Crippen molar-refractivity contribution in [1.82, 2.24) is 20.2 Å². The number of ether oxygens (including phenoxy) is 3. The van der Waals surface area contributed by atoms with Gasteiger partial charge in [0.15, 0.2) is 0 Å². The van der Waals surface area contributed by atoms with Crippen LogP contribution in [0, 0.1) is 0 Å². The molecule has 2 unspecified atom stereocenters. The molecule has 2 amide bonds. The summed E-state index contributed by atoms with van der Waals surface area (Å²) in [5.74, 6) is 1.28. The number of hydrogen-bond donors (Lipinski definition) is 2. The molecule has 1 fully saturated rings. The fourth-order valence-corrected chi connectivity index (χ4v) is 4.40. The van der Waals surface area contributed by atoms with E-state index in [0.717, 1.165) is 47.2 Å².